The number of rotatable bonds is 3. The van der Waals surface area contributed by atoms with E-state index in [4.69, 9.17) is 5.11 Å². The van der Waals surface area contributed by atoms with E-state index in [1.165, 1.54) is 5.56 Å². The van der Waals surface area contributed by atoms with Crippen molar-refractivity contribution >= 4 is 11.7 Å². The van der Waals surface area contributed by atoms with Gasteiger partial charge in [0.2, 0.25) is 0 Å². The Hall–Kier alpha value is -1.51. The Labute approximate surface area is 84.0 Å². The fourth-order valence-electron chi connectivity index (χ4n) is 1.17. The smallest absolute Gasteiger partial charge is 0.326 e. The van der Waals surface area contributed by atoms with Crippen molar-refractivity contribution in [2.24, 2.45) is 0 Å². The zero-order valence-electron chi connectivity index (χ0n) is 8.69. The van der Waals surface area contributed by atoms with Crippen molar-refractivity contribution in [3.05, 3.63) is 29.8 Å². The Morgan fingerprint density at radius 1 is 1.36 bits per heavy atom. The number of hydrogen-bond acceptors (Lipinski definition) is 2. The van der Waals surface area contributed by atoms with E-state index in [0.29, 0.717) is 0 Å². The Kier molecular flexibility index (Phi) is 3.12. The van der Waals surface area contributed by atoms with Crippen LogP contribution in [-0.4, -0.2) is 24.2 Å². The second-order valence-corrected chi connectivity index (χ2v) is 3.46. The van der Waals surface area contributed by atoms with Gasteiger partial charge in [-0.1, -0.05) is 17.7 Å². The van der Waals surface area contributed by atoms with E-state index < -0.39 is 12.0 Å². The lowest BCUT2D eigenvalue weighted by atomic mass is 10.2. The molecule has 0 bridgehead atoms. The van der Waals surface area contributed by atoms with Crippen molar-refractivity contribution in [3.8, 4) is 0 Å². The number of carboxylic acids is 1. The first-order chi connectivity index (χ1) is 6.52. The van der Waals surface area contributed by atoms with Crippen LogP contribution in [0.3, 0.4) is 0 Å². The van der Waals surface area contributed by atoms with Crippen LogP contribution >= 0.6 is 0 Å². The van der Waals surface area contributed by atoms with Crippen molar-refractivity contribution in [3.63, 3.8) is 0 Å². The minimum atomic E-state index is -0.812. The number of aliphatic carboxylic acids is 1. The van der Waals surface area contributed by atoms with Gasteiger partial charge in [0.1, 0.15) is 6.04 Å². The van der Waals surface area contributed by atoms with Crippen LogP contribution in [0.2, 0.25) is 0 Å². The summed E-state index contributed by atoms with van der Waals surface area (Å²) < 4.78 is 0. The van der Waals surface area contributed by atoms with E-state index in [1.54, 1.807) is 18.9 Å². The highest BCUT2D eigenvalue weighted by Crippen LogP contribution is 2.15. The van der Waals surface area contributed by atoms with Gasteiger partial charge in [0.25, 0.3) is 0 Å². The Balaban J connectivity index is 2.84. The van der Waals surface area contributed by atoms with Crippen LogP contribution in [0.25, 0.3) is 0 Å². The average Bonchev–Trinajstić information content (AvgIpc) is 2.16. The summed E-state index contributed by atoms with van der Waals surface area (Å²) in [6.07, 6.45) is 0. The highest BCUT2D eigenvalue weighted by Gasteiger charge is 2.16. The molecule has 0 aliphatic carbocycles. The fourth-order valence-corrected chi connectivity index (χ4v) is 1.17. The summed E-state index contributed by atoms with van der Waals surface area (Å²) in [5.74, 6) is -0.812. The van der Waals surface area contributed by atoms with Crippen LogP contribution in [0, 0.1) is 6.92 Å². The van der Waals surface area contributed by atoms with Gasteiger partial charge in [0.05, 0.1) is 0 Å². The number of anilines is 1. The molecule has 0 aliphatic rings. The largest absolute Gasteiger partial charge is 0.480 e. The van der Waals surface area contributed by atoms with Gasteiger partial charge < -0.3 is 10.0 Å². The van der Waals surface area contributed by atoms with Crippen molar-refractivity contribution in [2.45, 2.75) is 19.9 Å². The molecule has 0 spiro atoms. The van der Waals surface area contributed by atoms with Gasteiger partial charge in [-0.05, 0) is 26.0 Å². The van der Waals surface area contributed by atoms with Crippen LogP contribution in [0.1, 0.15) is 12.5 Å². The molecule has 3 heteroatoms. The third-order valence-corrected chi connectivity index (χ3v) is 2.38. The van der Waals surface area contributed by atoms with E-state index >= 15 is 0 Å². The molecule has 1 aromatic rings. The van der Waals surface area contributed by atoms with Gasteiger partial charge in [0.15, 0.2) is 0 Å². The van der Waals surface area contributed by atoms with Crippen molar-refractivity contribution in [1.82, 2.24) is 0 Å². The maximum atomic E-state index is 10.7. The van der Waals surface area contributed by atoms with Crippen molar-refractivity contribution < 1.29 is 9.90 Å². The van der Waals surface area contributed by atoms with Gasteiger partial charge in [-0.2, -0.15) is 0 Å². The summed E-state index contributed by atoms with van der Waals surface area (Å²) in [6, 6.07) is 7.29. The number of carbonyl (C=O) groups is 1. The molecule has 3 nitrogen and oxygen atoms in total. The molecule has 76 valence electrons. The molecule has 0 aliphatic heterocycles. The predicted octanol–water partition coefficient (Wildman–Crippen LogP) is 1.90. The molecular formula is C11H15NO2. The summed E-state index contributed by atoms with van der Waals surface area (Å²) in [7, 11) is 1.78. The number of likely N-dealkylation sites (N-methyl/N-ethyl adjacent to an activating group) is 1. The molecule has 0 amide bonds. The van der Waals surface area contributed by atoms with Crippen molar-refractivity contribution in [2.75, 3.05) is 11.9 Å². The first-order valence-corrected chi connectivity index (χ1v) is 4.54. The summed E-state index contributed by atoms with van der Waals surface area (Å²) in [4.78, 5) is 12.5. The van der Waals surface area contributed by atoms with Gasteiger partial charge in [-0.25, -0.2) is 4.79 Å². The van der Waals surface area contributed by atoms with Crippen LogP contribution in [-0.2, 0) is 4.79 Å². The number of aryl methyl sites for hydroxylation is 1. The van der Waals surface area contributed by atoms with Crippen molar-refractivity contribution in [1.29, 1.82) is 0 Å². The standard InChI is InChI=1S/C11H15NO2/c1-8-4-6-10(7-5-8)12(3)9(2)11(13)14/h4-7,9H,1-3H3,(H,13,14)/t9-/m1/s1. The van der Waals surface area contributed by atoms with Crippen LogP contribution in [0.15, 0.2) is 24.3 Å². The quantitative estimate of drug-likeness (QED) is 0.797. The third-order valence-electron chi connectivity index (χ3n) is 2.38. The van der Waals surface area contributed by atoms with Gasteiger partial charge in [-0.3, -0.25) is 0 Å². The summed E-state index contributed by atoms with van der Waals surface area (Å²) in [5, 5.41) is 8.83. The molecule has 1 aromatic carbocycles. The fraction of sp³-hybridized carbons (Fsp3) is 0.364. The minimum absolute atomic E-state index is 0.502. The lowest BCUT2D eigenvalue weighted by Crippen LogP contribution is -2.35. The molecule has 0 aromatic heterocycles. The van der Waals surface area contributed by atoms with Gasteiger partial charge in [-0.15, -0.1) is 0 Å². The summed E-state index contributed by atoms with van der Waals surface area (Å²) in [5.41, 5.74) is 2.09. The zero-order valence-corrected chi connectivity index (χ0v) is 8.69. The molecule has 0 saturated heterocycles. The Morgan fingerprint density at radius 2 is 1.86 bits per heavy atom. The molecule has 0 heterocycles. The predicted molar refractivity (Wildman–Crippen MR) is 56.7 cm³/mol. The van der Waals surface area contributed by atoms with Crippen LogP contribution in [0.5, 0.6) is 0 Å². The molecule has 1 rings (SSSR count). The van der Waals surface area contributed by atoms with Crippen LogP contribution < -0.4 is 4.90 Å². The topological polar surface area (TPSA) is 40.5 Å². The van der Waals surface area contributed by atoms with Gasteiger partial charge >= 0.3 is 5.97 Å². The highest BCUT2D eigenvalue weighted by molar-refractivity contribution is 5.77. The molecule has 0 saturated carbocycles. The lowest BCUT2D eigenvalue weighted by Gasteiger charge is -2.23. The molecule has 0 fully saturated rings. The Morgan fingerprint density at radius 3 is 2.29 bits per heavy atom. The number of hydrogen-bond donors (Lipinski definition) is 1. The first kappa shape index (κ1) is 10.6. The van der Waals surface area contributed by atoms with E-state index in [2.05, 4.69) is 0 Å². The molecular weight excluding hydrogens is 178 g/mol. The molecule has 0 unspecified atom stereocenters. The maximum Gasteiger partial charge on any atom is 0.326 e. The summed E-state index contributed by atoms with van der Waals surface area (Å²) >= 11 is 0. The monoisotopic (exact) mass is 193 g/mol. The van der Waals surface area contributed by atoms with Crippen LogP contribution in [0.4, 0.5) is 5.69 Å². The third kappa shape index (κ3) is 2.25. The zero-order chi connectivity index (χ0) is 10.7. The summed E-state index contributed by atoms with van der Waals surface area (Å²) in [6.45, 7) is 3.67. The van der Waals surface area contributed by atoms with Gasteiger partial charge in [0, 0.05) is 12.7 Å². The Bertz CT molecular complexity index is 319. The maximum absolute atomic E-state index is 10.7. The molecule has 1 N–H and O–H groups in total. The molecule has 0 radical (unpaired) electrons. The number of carboxylic acid groups (broad SMARTS) is 1. The molecule has 14 heavy (non-hydrogen) atoms. The lowest BCUT2D eigenvalue weighted by molar-refractivity contribution is -0.138. The van der Waals surface area contributed by atoms with E-state index in [0.717, 1.165) is 5.69 Å². The number of nitrogens with zero attached hydrogens (tertiary/aromatic N) is 1. The molecule has 1 atom stereocenters. The number of benzene rings is 1. The van der Waals surface area contributed by atoms with E-state index in [-0.39, 0.29) is 0 Å². The first-order valence-electron chi connectivity index (χ1n) is 4.54. The minimum Gasteiger partial charge on any atom is -0.480 e. The SMILES string of the molecule is Cc1ccc(N(C)[C@H](C)C(=O)O)cc1. The second kappa shape index (κ2) is 4.13. The average molecular weight is 193 g/mol. The van der Waals surface area contributed by atoms with E-state index in [9.17, 15) is 4.79 Å². The highest BCUT2D eigenvalue weighted by atomic mass is 16.4. The second-order valence-electron chi connectivity index (χ2n) is 3.46. The van der Waals surface area contributed by atoms with E-state index in [1.807, 2.05) is 31.2 Å². The normalized spacial score (nSPS) is 12.2.